The summed E-state index contributed by atoms with van der Waals surface area (Å²) in [5, 5.41) is 0. The zero-order valence-corrected chi connectivity index (χ0v) is 16.8. The lowest BCUT2D eigenvalue weighted by Crippen LogP contribution is -2.51. The van der Waals surface area contributed by atoms with Gasteiger partial charge in [0.15, 0.2) is 18.2 Å². The lowest BCUT2D eigenvalue weighted by Gasteiger charge is -2.34. The zero-order chi connectivity index (χ0) is 21.0. The normalized spacial score (nSPS) is 15.3. The minimum absolute atomic E-state index is 0.0681. The van der Waals surface area contributed by atoms with Crippen molar-refractivity contribution < 1.29 is 26.7 Å². The molecule has 29 heavy (non-hydrogen) atoms. The summed E-state index contributed by atoms with van der Waals surface area (Å²) in [6, 6.07) is 9.96. The molecule has 1 amide bonds. The molecule has 0 aliphatic carbocycles. The summed E-state index contributed by atoms with van der Waals surface area (Å²) in [5.74, 6) is -1.91. The molecule has 0 unspecified atom stereocenters. The zero-order valence-electron chi connectivity index (χ0n) is 16.0. The highest BCUT2D eigenvalue weighted by Crippen LogP contribution is 2.21. The Morgan fingerprint density at radius 1 is 1.03 bits per heavy atom. The Balaban J connectivity index is 1.58. The van der Waals surface area contributed by atoms with Crippen LogP contribution >= 0.6 is 0 Å². The van der Waals surface area contributed by atoms with Gasteiger partial charge in [-0.05, 0) is 36.2 Å². The third-order valence-electron chi connectivity index (χ3n) is 4.82. The van der Waals surface area contributed by atoms with Crippen LogP contribution < -0.4 is 4.74 Å². The maximum atomic E-state index is 13.4. The minimum atomic E-state index is -3.96. The van der Waals surface area contributed by atoms with Gasteiger partial charge in [0.05, 0.1) is 4.90 Å². The molecule has 156 valence electrons. The van der Waals surface area contributed by atoms with Crippen molar-refractivity contribution >= 4 is 15.9 Å². The van der Waals surface area contributed by atoms with Gasteiger partial charge in [0.1, 0.15) is 5.75 Å². The number of ether oxygens (including phenoxy) is 1. The maximum absolute atomic E-state index is 13.4. The van der Waals surface area contributed by atoms with Crippen LogP contribution in [0.3, 0.4) is 0 Å². The van der Waals surface area contributed by atoms with Crippen LogP contribution in [-0.2, 0) is 21.2 Å². The molecule has 2 aromatic rings. The van der Waals surface area contributed by atoms with Crippen LogP contribution in [0.5, 0.6) is 5.75 Å². The number of hydrogen-bond acceptors (Lipinski definition) is 4. The number of para-hydroxylation sites is 1. The Morgan fingerprint density at radius 2 is 1.72 bits per heavy atom. The summed E-state index contributed by atoms with van der Waals surface area (Å²) in [5.41, 5.74) is 1.00. The SMILES string of the molecule is CCc1ccccc1OCC(=O)N1CCN(S(=O)(=O)c2ccc(F)c(F)c2)CC1. The van der Waals surface area contributed by atoms with Gasteiger partial charge < -0.3 is 9.64 Å². The van der Waals surface area contributed by atoms with E-state index in [9.17, 15) is 22.0 Å². The summed E-state index contributed by atoms with van der Waals surface area (Å²) in [6.07, 6.45) is 0.783. The van der Waals surface area contributed by atoms with E-state index in [1.807, 2.05) is 25.1 Å². The molecule has 1 aliphatic rings. The predicted molar refractivity (Wildman–Crippen MR) is 103 cm³/mol. The van der Waals surface area contributed by atoms with Gasteiger partial charge in [-0.1, -0.05) is 25.1 Å². The van der Waals surface area contributed by atoms with Gasteiger partial charge in [0.25, 0.3) is 5.91 Å². The summed E-state index contributed by atoms with van der Waals surface area (Å²) in [7, 11) is -3.96. The van der Waals surface area contributed by atoms with Crippen molar-refractivity contribution in [3.8, 4) is 5.75 Å². The fourth-order valence-corrected chi connectivity index (χ4v) is 4.57. The van der Waals surface area contributed by atoms with Crippen LogP contribution in [0.15, 0.2) is 47.4 Å². The molecule has 0 saturated carbocycles. The molecule has 0 bridgehead atoms. The number of nitrogens with zero attached hydrogens (tertiary/aromatic N) is 2. The molecule has 1 saturated heterocycles. The van der Waals surface area contributed by atoms with E-state index in [4.69, 9.17) is 4.74 Å². The van der Waals surface area contributed by atoms with Crippen molar-refractivity contribution in [2.24, 2.45) is 0 Å². The van der Waals surface area contributed by atoms with Crippen molar-refractivity contribution in [3.05, 3.63) is 59.7 Å². The molecule has 0 radical (unpaired) electrons. The lowest BCUT2D eigenvalue weighted by atomic mass is 10.1. The summed E-state index contributed by atoms with van der Waals surface area (Å²) < 4.78 is 58.5. The summed E-state index contributed by atoms with van der Waals surface area (Å²) >= 11 is 0. The Morgan fingerprint density at radius 3 is 2.38 bits per heavy atom. The first-order valence-corrected chi connectivity index (χ1v) is 10.7. The highest BCUT2D eigenvalue weighted by molar-refractivity contribution is 7.89. The number of aryl methyl sites for hydroxylation is 1. The van der Waals surface area contributed by atoms with Crippen molar-refractivity contribution in [2.45, 2.75) is 18.2 Å². The van der Waals surface area contributed by atoms with Crippen molar-refractivity contribution in [3.63, 3.8) is 0 Å². The number of carbonyl (C=O) groups excluding carboxylic acids is 1. The van der Waals surface area contributed by atoms with E-state index in [1.165, 1.54) is 4.90 Å². The fourth-order valence-electron chi connectivity index (χ4n) is 3.13. The first kappa shape index (κ1) is 21.2. The van der Waals surface area contributed by atoms with Gasteiger partial charge in [-0.15, -0.1) is 0 Å². The first-order valence-electron chi connectivity index (χ1n) is 9.26. The fraction of sp³-hybridized carbons (Fsp3) is 0.350. The van der Waals surface area contributed by atoms with Gasteiger partial charge in [-0.2, -0.15) is 4.31 Å². The van der Waals surface area contributed by atoms with Crippen LogP contribution in [0, 0.1) is 11.6 Å². The Kier molecular flexibility index (Phi) is 6.49. The van der Waals surface area contributed by atoms with E-state index in [0.29, 0.717) is 11.8 Å². The van der Waals surface area contributed by atoms with Gasteiger partial charge in [0.2, 0.25) is 10.0 Å². The topological polar surface area (TPSA) is 66.9 Å². The van der Waals surface area contributed by atoms with E-state index < -0.39 is 21.7 Å². The van der Waals surface area contributed by atoms with Crippen LogP contribution in [0.4, 0.5) is 8.78 Å². The average molecular weight is 424 g/mol. The molecule has 1 aliphatic heterocycles. The van der Waals surface area contributed by atoms with Crippen molar-refractivity contribution in [2.75, 3.05) is 32.8 Å². The molecule has 9 heteroatoms. The Labute approximate surface area is 168 Å². The van der Waals surface area contributed by atoms with E-state index in [1.54, 1.807) is 6.07 Å². The van der Waals surface area contributed by atoms with Crippen LogP contribution in [0.2, 0.25) is 0 Å². The van der Waals surface area contributed by atoms with E-state index >= 15 is 0 Å². The van der Waals surface area contributed by atoms with E-state index in [0.717, 1.165) is 28.4 Å². The highest BCUT2D eigenvalue weighted by atomic mass is 32.2. The van der Waals surface area contributed by atoms with Crippen LogP contribution in [0.1, 0.15) is 12.5 Å². The minimum Gasteiger partial charge on any atom is -0.483 e. The first-order chi connectivity index (χ1) is 13.8. The molecule has 0 spiro atoms. The predicted octanol–water partition coefficient (Wildman–Crippen LogP) is 2.44. The molecule has 0 atom stereocenters. The number of benzene rings is 2. The third kappa shape index (κ3) is 4.73. The second kappa shape index (κ2) is 8.87. The van der Waals surface area contributed by atoms with Gasteiger partial charge in [-0.3, -0.25) is 4.79 Å². The molecular weight excluding hydrogens is 402 g/mol. The number of rotatable bonds is 6. The van der Waals surface area contributed by atoms with Crippen LogP contribution in [0.25, 0.3) is 0 Å². The maximum Gasteiger partial charge on any atom is 0.260 e. The lowest BCUT2D eigenvalue weighted by molar-refractivity contribution is -0.134. The largest absolute Gasteiger partial charge is 0.483 e. The second-order valence-corrected chi connectivity index (χ2v) is 8.55. The van der Waals surface area contributed by atoms with Crippen LogP contribution in [-0.4, -0.2) is 56.3 Å². The van der Waals surface area contributed by atoms with Gasteiger partial charge >= 0.3 is 0 Å². The number of carbonyl (C=O) groups is 1. The Hall–Kier alpha value is -2.52. The smallest absolute Gasteiger partial charge is 0.260 e. The number of amides is 1. The third-order valence-corrected chi connectivity index (χ3v) is 6.72. The monoisotopic (exact) mass is 424 g/mol. The number of hydrogen-bond donors (Lipinski definition) is 0. The van der Waals surface area contributed by atoms with E-state index in [-0.39, 0.29) is 43.6 Å². The standard InChI is InChI=1S/C20H22F2N2O4S/c1-2-15-5-3-4-6-19(15)28-14-20(25)23-9-11-24(12-10-23)29(26,27)16-7-8-17(21)18(22)13-16/h3-8,13H,2,9-12,14H2,1H3. The quantitative estimate of drug-likeness (QED) is 0.715. The molecule has 2 aromatic carbocycles. The molecule has 0 aromatic heterocycles. The van der Waals surface area contributed by atoms with E-state index in [2.05, 4.69) is 0 Å². The van der Waals surface area contributed by atoms with Gasteiger partial charge in [0, 0.05) is 26.2 Å². The van der Waals surface area contributed by atoms with Crippen molar-refractivity contribution in [1.82, 2.24) is 9.21 Å². The number of sulfonamides is 1. The van der Waals surface area contributed by atoms with Crippen molar-refractivity contribution in [1.29, 1.82) is 0 Å². The average Bonchev–Trinajstić information content (AvgIpc) is 2.74. The molecule has 0 N–H and O–H groups in total. The summed E-state index contributed by atoms with van der Waals surface area (Å²) in [6.45, 7) is 2.39. The summed E-state index contributed by atoms with van der Waals surface area (Å²) in [4.78, 5) is 13.6. The molecule has 1 heterocycles. The highest BCUT2D eigenvalue weighted by Gasteiger charge is 2.30. The Bertz CT molecular complexity index is 990. The second-order valence-electron chi connectivity index (χ2n) is 6.61. The molecular formula is C20H22F2N2O4S. The number of piperazine rings is 1. The molecule has 6 nitrogen and oxygen atoms in total. The number of halogens is 2. The van der Waals surface area contributed by atoms with Gasteiger partial charge in [-0.25, -0.2) is 17.2 Å². The molecule has 3 rings (SSSR count). The molecule has 1 fully saturated rings.